The fourth-order valence-corrected chi connectivity index (χ4v) is 5.79. The standard InChI is InChI=1S/C25H23N3O4S2/c1-3-13-28(14-4-2)34(30,31)21-11-12-22-23(16-21)33-25(26-22)27-24(29)17-32-20-10-9-18-7-5-6-8-19(18)15-20/h3-12,15-16H,1-2,13-14,17H2,(H,26,27,29). The third-order valence-electron chi connectivity index (χ3n) is 5.00. The molecule has 0 aliphatic carbocycles. The Bertz CT molecular complexity index is 1470. The molecule has 174 valence electrons. The monoisotopic (exact) mass is 493 g/mol. The van der Waals surface area contributed by atoms with Crippen LogP contribution in [0.15, 0.2) is 90.9 Å². The molecule has 0 aliphatic rings. The number of thiazole rings is 1. The van der Waals surface area contributed by atoms with Gasteiger partial charge in [0.15, 0.2) is 11.7 Å². The molecule has 0 fully saturated rings. The predicted octanol–water partition coefficient (Wildman–Crippen LogP) is 4.83. The second-order valence-corrected chi connectivity index (χ2v) is 10.4. The molecule has 0 radical (unpaired) electrons. The molecule has 4 rings (SSSR count). The van der Waals surface area contributed by atoms with Crippen molar-refractivity contribution in [2.24, 2.45) is 0 Å². The van der Waals surface area contributed by atoms with E-state index in [9.17, 15) is 13.2 Å². The molecule has 9 heteroatoms. The molecule has 3 aromatic carbocycles. The van der Waals surface area contributed by atoms with Crippen molar-refractivity contribution in [2.75, 3.05) is 25.0 Å². The molecular weight excluding hydrogens is 470 g/mol. The lowest BCUT2D eigenvalue weighted by Crippen LogP contribution is -2.31. The third kappa shape index (κ3) is 5.17. The number of hydrogen-bond donors (Lipinski definition) is 1. The Morgan fingerprint density at radius 1 is 1.03 bits per heavy atom. The molecular formula is C25H23N3O4S2. The van der Waals surface area contributed by atoms with E-state index in [1.807, 2.05) is 42.5 Å². The minimum absolute atomic E-state index is 0.143. The first-order valence-corrected chi connectivity index (χ1v) is 12.7. The van der Waals surface area contributed by atoms with Gasteiger partial charge in [-0.15, -0.1) is 13.2 Å². The van der Waals surface area contributed by atoms with Crippen molar-refractivity contribution in [3.05, 3.63) is 86.0 Å². The van der Waals surface area contributed by atoms with Gasteiger partial charge < -0.3 is 4.74 Å². The lowest BCUT2D eigenvalue weighted by atomic mass is 10.1. The Labute approximate surface area is 202 Å². The van der Waals surface area contributed by atoms with Crippen LogP contribution < -0.4 is 10.1 Å². The summed E-state index contributed by atoms with van der Waals surface area (Å²) in [5.74, 6) is 0.236. The molecule has 4 aromatic rings. The molecule has 1 aromatic heterocycles. The lowest BCUT2D eigenvalue weighted by molar-refractivity contribution is -0.118. The van der Waals surface area contributed by atoms with Crippen LogP contribution in [0.3, 0.4) is 0 Å². The number of carbonyl (C=O) groups excluding carboxylic acids is 1. The summed E-state index contributed by atoms with van der Waals surface area (Å²) in [4.78, 5) is 16.9. The smallest absolute Gasteiger partial charge is 0.264 e. The van der Waals surface area contributed by atoms with Crippen LogP contribution in [0.2, 0.25) is 0 Å². The first-order chi connectivity index (χ1) is 16.4. The van der Waals surface area contributed by atoms with Gasteiger partial charge in [-0.05, 0) is 41.1 Å². The zero-order valence-electron chi connectivity index (χ0n) is 18.3. The number of nitrogens with one attached hydrogen (secondary N) is 1. The summed E-state index contributed by atoms with van der Waals surface area (Å²) >= 11 is 1.20. The minimum atomic E-state index is -3.72. The quantitative estimate of drug-likeness (QED) is 0.320. The van der Waals surface area contributed by atoms with E-state index < -0.39 is 10.0 Å². The van der Waals surface area contributed by atoms with Gasteiger partial charge >= 0.3 is 0 Å². The van der Waals surface area contributed by atoms with E-state index in [0.29, 0.717) is 21.1 Å². The number of ether oxygens (including phenoxy) is 1. The summed E-state index contributed by atoms with van der Waals surface area (Å²) in [6, 6.07) is 18.2. The van der Waals surface area contributed by atoms with Crippen LogP contribution in [-0.4, -0.2) is 43.3 Å². The normalized spacial score (nSPS) is 11.6. The van der Waals surface area contributed by atoms with Gasteiger partial charge in [-0.1, -0.05) is 53.8 Å². The summed E-state index contributed by atoms with van der Waals surface area (Å²) in [6.07, 6.45) is 3.06. The van der Waals surface area contributed by atoms with E-state index in [1.165, 1.54) is 33.9 Å². The zero-order valence-corrected chi connectivity index (χ0v) is 19.9. The molecule has 0 atom stereocenters. The first-order valence-electron chi connectivity index (χ1n) is 10.4. The SMILES string of the molecule is C=CCN(CC=C)S(=O)(=O)c1ccc2nc(NC(=O)COc3ccc4ccccc4c3)sc2c1. The van der Waals surface area contributed by atoms with Gasteiger partial charge in [-0.2, -0.15) is 4.31 Å². The Morgan fingerprint density at radius 3 is 2.50 bits per heavy atom. The van der Waals surface area contributed by atoms with Crippen molar-refractivity contribution in [1.82, 2.24) is 9.29 Å². The molecule has 7 nitrogen and oxygen atoms in total. The highest BCUT2D eigenvalue weighted by Crippen LogP contribution is 2.29. The van der Waals surface area contributed by atoms with E-state index in [2.05, 4.69) is 23.5 Å². The fourth-order valence-electron chi connectivity index (χ4n) is 3.39. The van der Waals surface area contributed by atoms with Gasteiger partial charge in [0.25, 0.3) is 5.91 Å². The first kappa shape index (κ1) is 23.6. The highest BCUT2D eigenvalue weighted by atomic mass is 32.2. The van der Waals surface area contributed by atoms with Gasteiger partial charge in [0.2, 0.25) is 10.0 Å². The average molecular weight is 494 g/mol. The molecule has 0 unspecified atom stereocenters. The van der Waals surface area contributed by atoms with Gasteiger partial charge in [0.1, 0.15) is 5.75 Å². The van der Waals surface area contributed by atoms with Crippen LogP contribution in [0.5, 0.6) is 5.75 Å². The Morgan fingerprint density at radius 2 is 1.76 bits per heavy atom. The number of nitrogens with zero attached hydrogens (tertiary/aromatic N) is 2. The van der Waals surface area contributed by atoms with Crippen molar-refractivity contribution in [3.63, 3.8) is 0 Å². The molecule has 0 bridgehead atoms. The third-order valence-corrected chi connectivity index (χ3v) is 7.76. The number of rotatable bonds is 10. The highest BCUT2D eigenvalue weighted by Gasteiger charge is 2.23. The largest absolute Gasteiger partial charge is 0.484 e. The van der Waals surface area contributed by atoms with Crippen LogP contribution in [0, 0.1) is 0 Å². The van der Waals surface area contributed by atoms with Crippen molar-refractivity contribution in [2.45, 2.75) is 4.90 Å². The van der Waals surface area contributed by atoms with Crippen LogP contribution in [0.4, 0.5) is 5.13 Å². The van der Waals surface area contributed by atoms with Crippen molar-refractivity contribution in [3.8, 4) is 5.75 Å². The number of anilines is 1. The van der Waals surface area contributed by atoms with Gasteiger partial charge in [0, 0.05) is 13.1 Å². The average Bonchev–Trinajstić information content (AvgIpc) is 3.24. The Balaban J connectivity index is 1.45. The maximum Gasteiger partial charge on any atom is 0.264 e. The molecule has 34 heavy (non-hydrogen) atoms. The summed E-state index contributed by atoms with van der Waals surface area (Å²) in [6.45, 7) is 7.41. The number of sulfonamides is 1. The summed E-state index contributed by atoms with van der Waals surface area (Å²) < 4.78 is 33.5. The molecule has 0 saturated carbocycles. The van der Waals surface area contributed by atoms with Crippen LogP contribution >= 0.6 is 11.3 Å². The number of benzene rings is 3. The van der Waals surface area contributed by atoms with E-state index >= 15 is 0 Å². The number of hydrogen-bond acceptors (Lipinski definition) is 6. The molecule has 0 spiro atoms. The van der Waals surface area contributed by atoms with Gasteiger partial charge in [0.05, 0.1) is 15.1 Å². The fraction of sp³-hybridized carbons (Fsp3) is 0.120. The molecule has 1 amide bonds. The van der Waals surface area contributed by atoms with Crippen LogP contribution in [-0.2, 0) is 14.8 Å². The maximum absolute atomic E-state index is 13.0. The van der Waals surface area contributed by atoms with E-state index in [1.54, 1.807) is 12.1 Å². The lowest BCUT2D eigenvalue weighted by Gasteiger charge is -2.18. The van der Waals surface area contributed by atoms with Crippen molar-refractivity contribution < 1.29 is 17.9 Å². The molecule has 0 aliphatic heterocycles. The molecule has 1 N–H and O–H groups in total. The topological polar surface area (TPSA) is 88.6 Å². The van der Waals surface area contributed by atoms with E-state index in [-0.39, 0.29) is 30.5 Å². The van der Waals surface area contributed by atoms with Crippen LogP contribution in [0.1, 0.15) is 0 Å². The summed E-state index contributed by atoms with van der Waals surface area (Å²) in [5, 5.41) is 5.20. The Hall–Kier alpha value is -3.53. The molecule has 0 saturated heterocycles. The zero-order chi connectivity index (χ0) is 24.1. The van der Waals surface area contributed by atoms with E-state index in [4.69, 9.17) is 4.74 Å². The number of amides is 1. The van der Waals surface area contributed by atoms with E-state index in [0.717, 1.165) is 10.8 Å². The second-order valence-electron chi connectivity index (χ2n) is 7.39. The highest BCUT2D eigenvalue weighted by molar-refractivity contribution is 7.89. The number of aromatic nitrogens is 1. The van der Waals surface area contributed by atoms with Crippen molar-refractivity contribution >= 4 is 53.4 Å². The predicted molar refractivity (Wildman–Crippen MR) is 137 cm³/mol. The van der Waals surface area contributed by atoms with Gasteiger partial charge in [-0.25, -0.2) is 13.4 Å². The Kier molecular flexibility index (Phi) is 7.06. The summed E-state index contributed by atoms with van der Waals surface area (Å²) in [5.41, 5.74) is 0.591. The minimum Gasteiger partial charge on any atom is -0.484 e. The van der Waals surface area contributed by atoms with Crippen LogP contribution in [0.25, 0.3) is 21.0 Å². The maximum atomic E-state index is 13.0. The number of fused-ring (bicyclic) bond motifs is 2. The van der Waals surface area contributed by atoms with Crippen molar-refractivity contribution in [1.29, 1.82) is 0 Å². The summed E-state index contributed by atoms with van der Waals surface area (Å²) in [7, 11) is -3.72. The second kappa shape index (κ2) is 10.2. The molecule has 1 heterocycles. The number of carbonyl (C=O) groups is 1. The van der Waals surface area contributed by atoms with Gasteiger partial charge in [-0.3, -0.25) is 10.1 Å².